The van der Waals surface area contributed by atoms with Gasteiger partial charge in [-0.3, -0.25) is 4.79 Å². The maximum atomic E-state index is 11.2. The average molecular weight is 414 g/mol. The van der Waals surface area contributed by atoms with Crippen molar-refractivity contribution in [2.75, 3.05) is 0 Å². The number of hydrogen-bond donors (Lipinski definition) is 0. The van der Waals surface area contributed by atoms with E-state index in [1.54, 1.807) is 24.4 Å². The molecule has 1 atom stereocenters. The number of ether oxygens (including phenoxy) is 1. The second kappa shape index (κ2) is 8.52. The van der Waals surface area contributed by atoms with E-state index in [9.17, 15) is 10.1 Å². The van der Waals surface area contributed by atoms with Crippen LogP contribution in [-0.4, -0.2) is 28.4 Å². The molecule has 1 heterocycles. The van der Waals surface area contributed by atoms with Crippen molar-refractivity contribution in [3.63, 3.8) is 0 Å². The van der Waals surface area contributed by atoms with Crippen LogP contribution in [0.4, 0.5) is 0 Å². The number of aliphatic imine (C=N–C) groups is 1. The topological polar surface area (TPSA) is 101 Å². The van der Waals surface area contributed by atoms with Gasteiger partial charge in [0.05, 0.1) is 11.7 Å². The summed E-state index contributed by atoms with van der Waals surface area (Å²) in [5, 5.41) is 13.6. The lowest BCUT2D eigenvalue weighted by atomic mass is 9.99. The van der Waals surface area contributed by atoms with Crippen molar-refractivity contribution in [3.05, 3.63) is 53.1 Å². The average Bonchev–Trinajstić information content (AvgIpc) is 3.39. The van der Waals surface area contributed by atoms with Gasteiger partial charge in [0.1, 0.15) is 11.8 Å². The monoisotopic (exact) mass is 414 g/mol. The van der Waals surface area contributed by atoms with Gasteiger partial charge >= 0.3 is 0 Å². The first-order valence-corrected chi connectivity index (χ1v) is 10.2. The first kappa shape index (κ1) is 20.5. The van der Waals surface area contributed by atoms with E-state index in [4.69, 9.17) is 9.26 Å². The molecule has 0 aliphatic heterocycles. The minimum atomic E-state index is -0.200. The molecule has 3 aromatic rings. The third-order valence-corrected chi connectivity index (χ3v) is 5.13. The summed E-state index contributed by atoms with van der Waals surface area (Å²) >= 11 is 0. The lowest BCUT2D eigenvalue weighted by Gasteiger charge is -2.11. The third kappa shape index (κ3) is 4.24. The lowest BCUT2D eigenvalue weighted by molar-refractivity contribution is -0.115. The maximum absolute atomic E-state index is 11.2. The SMILES string of the molecule is CC(=O)/N=C/C1CCc2c(-c3noc(-c4ccc(OC(C)C)c(C#N)c4)n3)cccc21. The Morgan fingerprint density at radius 1 is 1.35 bits per heavy atom. The molecule has 0 spiro atoms. The molecule has 1 unspecified atom stereocenters. The van der Waals surface area contributed by atoms with Gasteiger partial charge in [-0.15, -0.1) is 0 Å². The van der Waals surface area contributed by atoms with Crippen LogP contribution < -0.4 is 4.74 Å². The molecule has 156 valence electrons. The maximum Gasteiger partial charge on any atom is 0.258 e. The van der Waals surface area contributed by atoms with E-state index in [1.165, 1.54) is 6.92 Å². The molecule has 1 amide bonds. The van der Waals surface area contributed by atoms with Crippen LogP contribution in [0, 0.1) is 11.3 Å². The summed E-state index contributed by atoms with van der Waals surface area (Å²) in [5.41, 5.74) is 4.26. The first-order chi connectivity index (χ1) is 15.0. The minimum Gasteiger partial charge on any atom is -0.490 e. The highest BCUT2D eigenvalue weighted by Gasteiger charge is 2.25. The number of aromatic nitrogens is 2. The summed E-state index contributed by atoms with van der Waals surface area (Å²) in [4.78, 5) is 19.7. The molecule has 1 aliphatic carbocycles. The fourth-order valence-corrected chi connectivity index (χ4v) is 3.80. The normalized spacial score (nSPS) is 15.3. The van der Waals surface area contributed by atoms with Gasteiger partial charge < -0.3 is 9.26 Å². The Morgan fingerprint density at radius 3 is 2.94 bits per heavy atom. The number of benzene rings is 2. The molecule has 0 N–H and O–H groups in total. The number of nitriles is 1. The molecular formula is C24H22N4O3. The summed E-state index contributed by atoms with van der Waals surface area (Å²) in [6.07, 6.45) is 3.43. The number of carbonyl (C=O) groups is 1. The van der Waals surface area contributed by atoms with Crippen LogP contribution in [-0.2, 0) is 11.2 Å². The molecule has 0 saturated heterocycles. The molecule has 7 heteroatoms. The van der Waals surface area contributed by atoms with Crippen LogP contribution in [0.3, 0.4) is 0 Å². The molecule has 1 aliphatic rings. The van der Waals surface area contributed by atoms with E-state index in [0.29, 0.717) is 28.6 Å². The van der Waals surface area contributed by atoms with Crippen LogP contribution in [0.25, 0.3) is 22.8 Å². The first-order valence-electron chi connectivity index (χ1n) is 10.2. The molecule has 7 nitrogen and oxygen atoms in total. The lowest BCUT2D eigenvalue weighted by Crippen LogP contribution is -2.06. The Bertz CT molecular complexity index is 1200. The van der Waals surface area contributed by atoms with Gasteiger partial charge in [0, 0.05) is 30.2 Å². The third-order valence-electron chi connectivity index (χ3n) is 5.13. The van der Waals surface area contributed by atoms with Crippen molar-refractivity contribution in [1.82, 2.24) is 10.1 Å². The minimum absolute atomic E-state index is 0.0301. The van der Waals surface area contributed by atoms with Crippen molar-refractivity contribution in [2.24, 2.45) is 4.99 Å². The van der Waals surface area contributed by atoms with Crippen LogP contribution in [0.15, 0.2) is 45.9 Å². The van der Waals surface area contributed by atoms with Crippen LogP contribution in [0.5, 0.6) is 5.75 Å². The number of fused-ring (bicyclic) bond motifs is 1. The largest absolute Gasteiger partial charge is 0.490 e. The summed E-state index contributed by atoms with van der Waals surface area (Å²) in [6, 6.07) is 13.4. The summed E-state index contributed by atoms with van der Waals surface area (Å²) < 4.78 is 11.2. The van der Waals surface area contributed by atoms with E-state index in [0.717, 1.165) is 29.5 Å². The molecule has 0 fully saturated rings. The van der Waals surface area contributed by atoms with Crippen molar-refractivity contribution in [1.29, 1.82) is 5.26 Å². The zero-order chi connectivity index (χ0) is 22.0. The van der Waals surface area contributed by atoms with E-state index in [-0.39, 0.29) is 17.9 Å². The molecular weight excluding hydrogens is 392 g/mol. The van der Waals surface area contributed by atoms with Crippen molar-refractivity contribution >= 4 is 12.1 Å². The highest BCUT2D eigenvalue weighted by atomic mass is 16.5. The zero-order valence-electron chi connectivity index (χ0n) is 17.6. The molecule has 0 bridgehead atoms. The summed E-state index contributed by atoms with van der Waals surface area (Å²) in [6.45, 7) is 5.27. The Hall–Kier alpha value is -3.79. The number of carbonyl (C=O) groups excluding carboxylic acids is 1. The standard InChI is InChI=1S/C24H22N4O3/c1-14(2)30-22-10-8-16(11-18(22)12-25)24-27-23(28-31-24)21-6-4-5-19-17(7-9-20(19)21)13-26-15(3)29/h4-6,8,10-11,13-14,17H,7,9H2,1-3H3/b26-13+. The van der Waals surface area contributed by atoms with E-state index in [2.05, 4.69) is 27.3 Å². The van der Waals surface area contributed by atoms with Gasteiger partial charge in [-0.2, -0.15) is 10.2 Å². The summed E-state index contributed by atoms with van der Waals surface area (Å²) in [5.74, 6) is 1.27. The quantitative estimate of drug-likeness (QED) is 0.560. The van der Waals surface area contributed by atoms with Gasteiger partial charge in [0.25, 0.3) is 5.89 Å². The van der Waals surface area contributed by atoms with Crippen molar-refractivity contribution in [3.8, 4) is 34.7 Å². The molecule has 2 aromatic carbocycles. The van der Waals surface area contributed by atoms with Crippen LogP contribution in [0.2, 0.25) is 0 Å². The van der Waals surface area contributed by atoms with Gasteiger partial charge in [0.15, 0.2) is 0 Å². The van der Waals surface area contributed by atoms with Gasteiger partial charge in [-0.1, -0.05) is 23.4 Å². The van der Waals surface area contributed by atoms with Gasteiger partial charge in [0.2, 0.25) is 11.7 Å². The van der Waals surface area contributed by atoms with E-state index < -0.39 is 0 Å². The number of amides is 1. The Balaban J connectivity index is 1.65. The van der Waals surface area contributed by atoms with E-state index in [1.807, 2.05) is 26.0 Å². The Morgan fingerprint density at radius 2 is 2.19 bits per heavy atom. The fraction of sp³-hybridized carbons (Fsp3) is 0.292. The number of hydrogen-bond acceptors (Lipinski definition) is 6. The van der Waals surface area contributed by atoms with Crippen molar-refractivity contribution < 1.29 is 14.1 Å². The number of nitrogens with zero attached hydrogens (tertiary/aromatic N) is 4. The molecule has 0 saturated carbocycles. The smallest absolute Gasteiger partial charge is 0.258 e. The van der Waals surface area contributed by atoms with Gasteiger partial charge in [-0.25, -0.2) is 4.99 Å². The number of rotatable bonds is 5. The second-order valence-corrected chi connectivity index (χ2v) is 7.73. The van der Waals surface area contributed by atoms with Crippen LogP contribution >= 0.6 is 0 Å². The molecule has 31 heavy (non-hydrogen) atoms. The molecule has 4 rings (SSSR count). The highest BCUT2D eigenvalue weighted by molar-refractivity contribution is 5.86. The second-order valence-electron chi connectivity index (χ2n) is 7.73. The Kier molecular flexibility index (Phi) is 5.63. The van der Waals surface area contributed by atoms with Gasteiger partial charge in [-0.05, 0) is 56.0 Å². The molecule has 1 aromatic heterocycles. The predicted molar refractivity (Wildman–Crippen MR) is 116 cm³/mol. The zero-order valence-corrected chi connectivity index (χ0v) is 17.6. The summed E-state index contributed by atoms with van der Waals surface area (Å²) in [7, 11) is 0. The fourth-order valence-electron chi connectivity index (χ4n) is 3.80. The van der Waals surface area contributed by atoms with Crippen LogP contribution in [0.1, 0.15) is 49.8 Å². The molecule has 0 radical (unpaired) electrons. The Labute approximate surface area is 180 Å². The highest BCUT2D eigenvalue weighted by Crippen LogP contribution is 2.38. The van der Waals surface area contributed by atoms with Crippen molar-refractivity contribution in [2.45, 2.75) is 45.6 Å². The van der Waals surface area contributed by atoms with E-state index >= 15 is 0 Å². The predicted octanol–water partition coefficient (Wildman–Crippen LogP) is 4.71.